The number of hydrogen-bond donors (Lipinski definition) is 1. The highest BCUT2D eigenvalue weighted by Gasteiger charge is 2.22. The molecule has 0 saturated carbocycles. The maximum atomic E-state index is 13.6. The molecule has 1 N–H and O–H groups in total. The van der Waals surface area contributed by atoms with Gasteiger partial charge < -0.3 is 10.2 Å². The van der Waals surface area contributed by atoms with E-state index < -0.39 is 10.7 Å². The van der Waals surface area contributed by atoms with Crippen molar-refractivity contribution in [1.82, 2.24) is 5.32 Å². The SMILES string of the molecule is O=[N+]([O-])c1cc(I)c(F)cc1N1CCCNCC1. The summed E-state index contributed by atoms with van der Waals surface area (Å²) in [7, 11) is 0. The van der Waals surface area contributed by atoms with Crippen molar-refractivity contribution in [1.29, 1.82) is 0 Å². The van der Waals surface area contributed by atoms with Gasteiger partial charge in [0.2, 0.25) is 0 Å². The van der Waals surface area contributed by atoms with Crippen molar-refractivity contribution >= 4 is 34.0 Å². The van der Waals surface area contributed by atoms with Crippen LogP contribution < -0.4 is 10.2 Å². The van der Waals surface area contributed by atoms with E-state index in [1.165, 1.54) is 12.1 Å². The average Bonchev–Trinajstić information content (AvgIpc) is 2.60. The number of rotatable bonds is 2. The third-order valence-electron chi connectivity index (χ3n) is 2.89. The van der Waals surface area contributed by atoms with Crippen LogP contribution >= 0.6 is 22.6 Å². The number of nitrogens with zero attached hydrogens (tertiary/aromatic N) is 2. The van der Waals surface area contributed by atoms with Gasteiger partial charge in [0.1, 0.15) is 11.5 Å². The first kappa shape index (κ1) is 13.5. The highest BCUT2D eigenvalue weighted by molar-refractivity contribution is 14.1. The highest BCUT2D eigenvalue weighted by Crippen LogP contribution is 2.32. The van der Waals surface area contributed by atoms with Crippen LogP contribution in [0.1, 0.15) is 6.42 Å². The first-order chi connectivity index (χ1) is 8.59. The molecule has 0 atom stereocenters. The van der Waals surface area contributed by atoms with Crippen molar-refractivity contribution in [2.45, 2.75) is 6.42 Å². The minimum atomic E-state index is -0.449. The molecule has 1 saturated heterocycles. The first-order valence-electron chi connectivity index (χ1n) is 5.68. The lowest BCUT2D eigenvalue weighted by atomic mass is 10.2. The summed E-state index contributed by atoms with van der Waals surface area (Å²) in [5.74, 6) is -0.409. The molecule has 7 heteroatoms. The van der Waals surface area contributed by atoms with Crippen molar-refractivity contribution in [3.63, 3.8) is 0 Å². The third kappa shape index (κ3) is 2.89. The summed E-state index contributed by atoms with van der Waals surface area (Å²) in [5, 5.41) is 14.3. The van der Waals surface area contributed by atoms with Gasteiger partial charge in [0.05, 0.1) is 8.49 Å². The normalized spacial score (nSPS) is 16.4. The van der Waals surface area contributed by atoms with Crippen LogP contribution in [-0.2, 0) is 0 Å². The van der Waals surface area contributed by atoms with Crippen molar-refractivity contribution < 1.29 is 9.31 Å². The van der Waals surface area contributed by atoms with Crippen molar-refractivity contribution in [3.05, 3.63) is 31.6 Å². The number of anilines is 1. The summed E-state index contributed by atoms with van der Waals surface area (Å²) in [6, 6.07) is 2.56. The van der Waals surface area contributed by atoms with Crippen LogP contribution in [0.4, 0.5) is 15.8 Å². The molecule has 0 radical (unpaired) electrons. The third-order valence-corrected chi connectivity index (χ3v) is 3.72. The van der Waals surface area contributed by atoms with Gasteiger partial charge >= 0.3 is 0 Å². The lowest BCUT2D eigenvalue weighted by Crippen LogP contribution is -2.28. The van der Waals surface area contributed by atoms with E-state index >= 15 is 0 Å². The maximum Gasteiger partial charge on any atom is 0.293 e. The van der Waals surface area contributed by atoms with Crippen molar-refractivity contribution in [2.75, 3.05) is 31.1 Å². The molecule has 0 bridgehead atoms. The number of nitro benzene ring substituents is 1. The zero-order chi connectivity index (χ0) is 13.1. The maximum absolute atomic E-state index is 13.6. The number of nitro groups is 1. The molecule has 1 heterocycles. The van der Waals surface area contributed by atoms with Crippen LogP contribution in [0.2, 0.25) is 0 Å². The van der Waals surface area contributed by atoms with E-state index in [-0.39, 0.29) is 9.26 Å². The molecule has 1 aliphatic heterocycles. The molecule has 1 fully saturated rings. The summed E-state index contributed by atoms with van der Waals surface area (Å²) in [4.78, 5) is 12.5. The van der Waals surface area contributed by atoms with Crippen LogP contribution in [0, 0.1) is 19.5 Å². The molecule has 0 spiro atoms. The molecule has 1 aromatic carbocycles. The van der Waals surface area contributed by atoms with E-state index in [9.17, 15) is 14.5 Å². The number of hydrogen-bond acceptors (Lipinski definition) is 4. The van der Waals surface area contributed by atoms with Crippen molar-refractivity contribution in [2.24, 2.45) is 0 Å². The molecule has 98 valence electrons. The van der Waals surface area contributed by atoms with Gasteiger partial charge in [-0.3, -0.25) is 10.1 Å². The Kier molecular flexibility index (Phi) is 4.33. The van der Waals surface area contributed by atoms with Crippen LogP contribution in [0.3, 0.4) is 0 Å². The molecule has 1 aliphatic rings. The largest absolute Gasteiger partial charge is 0.365 e. The number of halogens is 2. The Hall–Kier alpha value is -0.960. The Morgan fingerprint density at radius 1 is 1.39 bits per heavy atom. The molecule has 5 nitrogen and oxygen atoms in total. The predicted molar refractivity (Wildman–Crippen MR) is 75.5 cm³/mol. The summed E-state index contributed by atoms with van der Waals surface area (Å²) in [5.41, 5.74) is 0.351. The second-order valence-corrected chi connectivity index (χ2v) is 5.26. The van der Waals surface area contributed by atoms with Gasteiger partial charge in [-0.15, -0.1) is 0 Å². The Morgan fingerprint density at radius 2 is 2.17 bits per heavy atom. The van der Waals surface area contributed by atoms with E-state index in [2.05, 4.69) is 5.32 Å². The van der Waals surface area contributed by atoms with E-state index in [0.29, 0.717) is 18.8 Å². The average molecular weight is 365 g/mol. The lowest BCUT2D eigenvalue weighted by molar-refractivity contribution is -0.384. The minimum Gasteiger partial charge on any atom is -0.365 e. The molecular weight excluding hydrogens is 352 g/mol. The quantitative estimate of drug-likeness (QED) is 0.496. The topological polar surface area (TPSA) is 58.4 Å². The van der Waals surface area contributed by atoms with Gasteiger partial charge in [0, 0.05) is 31.8 Å². The zero-order valence-corrected chi connectivity index (χ0v) is 11.8. The van der Waals surface area contributed by atoms with Gasteiger partial charge in [-0.1, -0.05) is 0 Å². The van der Waals surface area contributed by atoms with Gasteiger partial charge in [-0.25, -0.2) is 4.39 Å². The first-order valence-corrected chi connectivity index (χ1v) is 6.76. The summed E-state index contributed by atoms with van der Waals surface area (Å²) >= 11 is 1.77. The smallest absolute Gasteiger partial charge is 0.293 e. The summed E-state index contributed by atoms with van der Waals surface area (Å²) < 4.78 is 13.9. The molecule has 0 amide bonds. The van der Waals surface area contributed by atoms with Gasteiger partial charge in [-0.05, 0) is 35.6 Å². The zero-order valence-electron chi connectivity index (χ0n) is 9.66. The van der Waals surface area contributed by atoms with Crippen molar-refractivity contribution in [3.8, 4) is 0 Å². The monoisotopic (exact) mass is 365 g/mol. The minimum absolute atomic E-state index is 0.0253. The number of nitrogens with one attached hydrogen (secondary N) is 1. The van der Waals surface area contributed by atoms with Gasteiger partial charge in [-0.2, -0.15) is 0 Å². The summed E-state index contributed by atoms with van der Waals surface area (Å²) in [6.45, 7) is 3.00. The van der Waals surface area contributed by atoms with Crippen LogP contribution in [0.5, 0.6) is 0 Å². The highest BCUT2D eigenvalue weighted by atomic mass is 127. The molecule has 0 unspecified atom stereocenters. The number of benzene rings is 1. The van der Waals surface area contributed by atoms with Gasteiger partial charge in [0.25, 0.3) is 5.69 Å². The second kappa shape index (κ2) is 5.79. The van der Waals surface area contributed by atoms with E-state index in [1.807, 2.05) is 4.90 Å². The Bertz CT molecular complexity index is 462. The van der Waals surface area contributed by atoms with Crippen LogP contribution in [-0.4, -0.2) is 31.1 Å². The lowest BCUT2D eigenvalue weighted by Gasteiger charge is -2.22. The fraction of sp³-hybridized carbons (Fsp3) is 0.455. The van der Waals surface area contributed by atoms with Crippen LogP contribution in [0.25, 0.3) is 0 Å². The molecule has 0 aliphatic carbocycles. The standard InChI is InChI=1S/C11H13FIN3O2/c12-8-6-10(11(16(17)18)7-9(8)13)15-4-1-2-14-3-5-15/h6-7,14H,1-5H2. The van der Waals surface area contributed by atoms with E-state index in [4.69, 9.17) is 0 Å². The fourth-order valence-corrected chi connectivity index (χ4v) is 2.46. The summed E-state index contributed by atoms with van der Waals surface area (Å²) in [6.07, 6.45) is 0.894. The molecular formula is C11H13FIN3O2. The fourth-order valence-electron chi connectivity index (χ4n) is 2.01. The molecule has 18 heavy (non-hydrogen) atoms. The van der Waals surface area contributed by atoms with Crippen LogP contribution in [0.15, 0.2) is 12.1 Å². The van der Waals surface area contributed by atoms with E-state index in [0.717, 1.165) is 19.5 Å². The second-order valence-electron chi connectivity index (χ2n) is 4.10. The Labute approximate surface area is 118 Å². The molecule has 0 aromatic heterocycles. The Morgan fingerprint density at radius 3 is 2.89 bits per heavy atom. The predicted octanol–water partition coefficient (Wildman–Crippen LogP) is 2.14. The molecule has 1 aromatic rings. The van der Waals surface area contributed by atoms with Gasteiger partial charge in [0.15, 0.2) is 0 Å². The van der Waals surface area contributed by atoms with E-state index in [1.54, 1.807) is 22.6 Å². The molecule has 2 rings (SSSR count). The Balaban J connectivity index is 2.40.